The van der Waals surface area contributed by atoms with E-state index in [2.05, 4.69) is 0 Å². The van der Waals surface area contributed by atoms with Crippen LogP contribution in [-0.2, 0) is 6.42 Å². The minimum Gasteiger partial charge on any atom is -0.486 e. The van der Waals surface area contributed by atoms with Crippen molar-refractivity contribution in [3.8, 4) is 11.5 Å². The van der Waals surface area contributed by atoms with Crippen molar-refractivity contribution in [3.63, 3.8) is 0 Å². The van der Waals surface area contributed by atoms with E-state index in [1.165, 1.54) is 0 Å². The molecule has 0 radical (unpaired) electrons. The Morgan fingerprint density at radius 1 is 1.36 bits per heavy atom. The van der Waals surface area contributed by atoms with Crippen molar-refractivity contribution in [2.45, 2.75) is 19.4 Å². The van der Waals surface area contributed by atoms with E-state index in [9.17, 15) is 5.11 Å². The van der Waals surface area contributed by atoms with Gasteiger partial charge in [-0.25, -0.2) is 0 Å². The first-order valence-electron chi connectivity index (χ1n) is 4.83. The van der Waals surface area contributed by atoms with Crippen LogP contribution in [0, 0.1) is 0 Å². The number of benzene rings is 1. The standard InChI is InChI=1S/C11H14O3/c1-8(12)7-9-3-2-4-10-11(9)14-6-5-13-10/h2-4,8,12H,5-7H2,1H3/t8-/m0/s1. The monoisotopic (exact) mass is 194 g/mol. The fourth-order valence-electron chi connectivity index (χ4n) is 1.61. The number of para-hydroxylation sites is 1. The Morgan fingerprint density at radius 2 is 2.14 bits per heavy atom. The number of ether oxygens (including phenoxy) is 2. The quantitative estimate of drug-likeness (QED) is 0.773. The Labute approximate surface area is 83.3 Å². The molecule has 0 amide bonds. The highest BCUT2D eigenvalue weighted by molar-refractivity contribution is 5.47. The third-order valence-electron chi connectivity index (χ3n) is 2.16. The molecular weight excluding hydrogens is 180 g/mol. The van der Waals surface area contributed by atoms with Gasteiger partial charge in [0.2, 0.25) is 0 Å². The molecule has 2 rings (SSSR count). The summed E-state index contributed by atoms with van der Waals surface area (Å²) >= 11 is 0. The van der Waals surface area contributed by atoms with Crippen LogP contribution in [0.3, 0.4) is 0 Å². The molecule has 0 spiro atoms. The van der Waals surface area contributed by atoms with Crippen LogP contribution in [0.5, 0.6) is 11.5 Å². The normalized spacial score (nSPS) is 16.4. The van der Waals surface area contributed by atoms with E-state index >= 15 is 0 Å². The summed E-state index contributed by atoms with van der Waals surface area (Å²) in [7, 11) is 0. The van der Waals surface area contributed by atoms with Crippen molar-refractivity contribution in [1.29, 1.82) is 0 Å². The van der Waals surface area contributed by atoms with Crippen molar-refractivity contribution in [2.24, 2.45) is 0 Å². The summed E-state index contributed by atoms with van der Waals surface area (Å²) in [5, 5.41) is 9.31. The molecule has 0 bridgehead atoms. The minimum atomic E-state index is -0.355. The molecule has 1 aromatic rings. The lowest BCUT2D eigenvalue weighted by molar-refractivity contribution is 0.164. The van der Waals surface area contributed by atoms with Gasteiger partial charge in [-0.2, -0.15) is 0 Å². The van der Waals surface area contributed by atoms with Gasteiger partial charge in [-0.1, -0.05) is 12.1 Å². The smallest absolute Gasteiger partial charge is 0.164 e. The first-order valence-corrected chi connectivity index (χ1v) is 4.83. The number of aliphatic hydroxyl groups is 1. The van der Waals surface area contributed by atoms with Gasteiger partial charge in [0.05, 0.1) is 6.10 Å². The van der Waals surface area contributed by atoms with Gasteiger partial charge in [0.25, 0.3) is 0 Å². The highest BCUT2D eigenvalue weighted by Gasteiger charge is 2.15. The van der Waals surface area contributed by atoms with Crippen molar-refractivity contribution < 1.29 is 14.6 Å². The second-order valence-electron chi connectivity index (χ2n) is 3.49. The summed E-state index contributed by atoms with van der Waals surface area (Å²) in [5.41, 5.74) is 1.01. The molecule has 1 N–H and O–H groups in total. The predicted octanol–water partition coefficient (Wildman–Crippen LogP) is 1.38. The second-order valence-corrected chi connectivity index (χ2v) is 3.49. The second kappa shape index (κ2) is 3.88. The first-order chi connectivity index (χ1) is 6.77. The molecule has 0 fully saturated rings. The van der Waals surface area contributed by atoms with Crippen LogP contribution >= 0.6 is 0 Å². The Kier molecular flexibility index (Phi) is 2.59. The summed E-state index contributed by atoms with van der Waals surface area (Å²) in [5.74, 6) is 1.58. The molecule has 0 saturated carbocycles. The van der Waals surface area contributed by atoms with Crippen LogP contribution < -0.4 is 9.47 Å². The van der Waals surface area contributed by atoms with Crippen LogP contribution in [0.15, 0.2) is 18.2 Å². The van der Waals surface area contributed by atoms with E-state index < -0.39 is 0 Å². The molecule has 1 heterocycles. The molecule has 1 aromatic carbocycles. The van der Waals surface area contributed by atoms with Gasteiger partial charge >= 0.3 is 0 Å². The Morgan fingerprint density at radius 3 is 2.93 bits per heavy atom. The fourth-order valence-corrected chi connectivity index (χ4v) is 1.61. The summed E-state index contributed by atoms with van der Waals surface area (Å²) in [6, 6.07) is 5.77. The summed E-state index contributed by atoms with van der Waals surface area (Å²) in [6.45, 7) is 2.96. The Balaban J connectivity index is 2.30. The Hall–Kier alpha value is -1.22. The van der Waals surface area contributed by atoms with Crippen molar-refractivity contribution in [1.82, 2.24) is 0 Å². The number of rotatable bonds is 2. The molecule has 3 heteroatoms. The molecule has 0 saturated heterocycles. The molecular formula is C11H14O3. The van der Waals surface area contributed by atoms with Crippen molar-refractivity contribution in [2.75, 3.05) is 13.2 Å². The molecule has 1 aliphatic heterocycles. The largest absolute Gasteiger partial charge is 0.486 e. The van der Waals surface area contributed by atoms with E-state index in [0.29, 0.717) is 19.6 Å². The topological polar surface area (TPSA) is 38.7 Å². The van der Waals surface area contributed by atoms with Crippen LogP contribution in [0.1, 0.15) is 12.5 Å². The first kappa shape index (κ1) is 9.34. The molecule has 3 nitrogen and oxygen atoms in total. The van der Waals surface area contributed by atoms with E-state index in [1.54, 1.807) is 6.92 Å². The zero-order valence-electron chi connectivity index (χ0n) is 8.19. The van der Waals surface area contributed by atoms with E-state index in [-0.39, 0.29) is 6.10 Å². The van der Waals surface area contributed by atoms with E-state index in [4.69, 9.17) is 9.47 Å². The minimum absolute atomic E-state index is 0.355. The molecule has 0 unspecified atom stereocenters. The van der Waals surface area contributed by atoms with Crippen LogP contribution in [-0.4, -0.2) is 24.4 Å². The van der Waals surface area contributed by atoms with Gasteiger partial charge in [0.15, 0.2) is 11.5 Å². The molecule has 0 aliphatic carbocycles. The third kappa shape index (κ3) is 1.82. The lowest BCUT2D eigenvalue weighted by Crippen LogP contribution is -2.17. The molecule has 1 aliphatic rings. The predicted molar refractivity (Wildman–Crippen MR) is 52.8 cm³/mol. The van der Waals surface area contributed by atoms with E-state index in [1.807, 2.05) is 18.2 Å². The van der Waals surface area contributed by atoms with Gasteiger partial charge in [0.1, 0.15) is 13.2 Å². The average Bonchev–Trinajstić information content (AvgIpc) is 2.18. The van der Waals surface area contributed by atoms with Gasteiger partial charge in [0, 0.05) is 12.0 Å². The molecule has 1 atom stereocenters. The zero-order valence-corrected chi connectivity index (χ0v) is 8.19. The van der Waals surface area contributed by atoms with Gasteiger partial charge in [-0.05, 0) is 13.0 Å². The number of hydrogen-bond donors (Lipinski definition) is 1. The third-order valence-corrected chi connectivity index (χ3v) is 2.16. The number of hydrogen-bond acceptors (Lipinski definition) is 3. The lowest BCUT2D eigenvalue weighted by atomic mass is 10.1. The highest BCUT2D eigenvalue weighted by Crippen LogP contribution is 2.34. The summed E-state index contributed by atoms with van der Waals surface area (Å²) in [6.07, 6.45) is 0.249. The van der Waals surface area contributed by atoms with Gasteiger partial charge in [-0.15, -0.1) is 0 Å². The van der Waals surface area contributed by atoms with Gasteiger partial charge in [-0.3, -0.25) is 0 Å². The van der Waals surface area contributed by atoms with Crippen LogP contribution in [0.4, 0.5) is 0 Å². The van der Waals surface area contributed by atoms with Crippen LogP contribution in [0.25, 0.3) is 0 Å². The average molecular weight is 194 g/mol. The SMILES string of the molecule is C[C@H](O)Cc1cccc2c1OCCO2. The molecule has 14 heavy (non-hydrogen) atoms. The van der Waals surface area contributed by atoms with E-state index in [0.717, 1.165) is 17.1 Å². The lowest BCUT2D eigenvalue weighted by Gasteiger charge is -2.21. The maximum absolute atomic E-state index is 9.31. The summed E-state index contributed by atoms with van der Waals surface area (Å²) in [4.78, 5) is 0. The maximum Gasteiger partial charge on any atom is 0.164 e. The highest BCUT2D eigenvalue weighted by atomic mass is 16.6. The molecule has 76 valence electrons. The number of fused-ring (bicyclic) bond motifs is 1. The fraction of sp³-hybridized carbons (Fsp3) is 0.455. The van der Waals surface area contributed by atoms with Crippen molar-refractivity contribution in [3.05, 3.63) is 23.8 Å². The summed E-state index contributed by atoms with van der Waals surface area (Å²) < 4.78 is 11.0. The maximum atomic E-state index is 9.31. The van der Waals surface area contributed by atoms with Gasteiger partial charge < -0.3 is 14.6 Å². The van der Waals surface area contributed by atoms with Crippen LogP contribution in [0.2, 0.25) is 0 Å². The molecule has 0 aromatic heterocycles. The van der Waals surface area contributed by atoms with Crippen molar-refractivity contribution >= 4 is 0 Å². The Bertz CT molecular complexity index is 320. The number of aliphatic hydroxyl groups excluding tert-OH is 1. The zero-order chi connectivity index (χ0) is 9.97.